The van der Waals surface area contributed by atoms with Crippen molar-refractivity contribution >= 4 is 15.8 Å². The summed E-state index contributed by atoms with van der Waals surface area (Å²) in [6, 6.07) is 7.85. The molecule has 1 aliphatic rings. The number of hydrogen-bond donors (Lipinski definition) is 2. The first kappa shape index (κ1) is 18.6. The summed E-state index contributed by atoms with van der Waals surface area (Å²) in [6.07, 6.45) is 0.554. The highest BCUT2D eigenvalue weighted by Gasteiger charge is 2.28. The molecule has 1 heterocycles. The SMILES string of the molecule is CCNC(=NCC(C)Oc1ccc(C)cc1)NC1CCS(=O)(=O)C1. The maximum absolute atomic E-state index is 11.6. The van der Waals surface area contributed by atoms with Gasteiger partial charge in [0.1, 0.15) is 11.9 Å². The Kier molecular flexibility index (Phi) is 6.48. The van der Waals surface area contributed by atoms with E-state index in [0.29, 0.717) is 18.9 Å². The molecular formula is C17H27N3O3S. The lowest BCUT2D eigenvalue weighted by molar-refractivity contribution is 0.230. The number of rotatable bonds is 6. The van der Waals surface area contributed by atoms with Gasteiger partial charge in [-0.15, -0.1) is 0 Å². The van der Waals surface area contributed by atoms with Crippen molar-refractivity contribution in [2.75, 3.05) is 24.6 Å². The molecule has 0 amide bonds. The molecule has 6 nitrogen and oxygen atoms in total. The summed E-state index contributed by atoms with van der Waals surface area (Å²) in [5.74, 6) is 1.88. The zero-order valence-corrected chi connectivity index (χ0v) is 15.4. The van der Waals surface area contributed by atoms with Crippen LogP contribution in [-0.4, -0.2) is 51.1 Å². The third-order valence-electron chi connectivity index (χ3n) is 3.78. The fourth-order valence-electron chi connectivity index (χ4n) is 2.53. The van der Waals surface area contributed by atoms with Crippen molar-refractivity contribution < 1.29 is 13.2 Å². The standard InChI is InChI=1S/C17H27N3O3S/c1-4-18-17(20-15-9-10-24(21,22)12-15)19-11-14(3)23-16-7-5-13(2)6-8-16/h5-8,14-15H,4,9-12H2,1-3H3,(H2,18,19,20). The van der Waals surface area contributed by atoms with E-state index in [-0.39, 0.29) is 23.7 Å². The summed E-state index contributed by atoms with van der Waals surface area (Å²) < 4.78 is 28.9. The van der Waals surface area contributed by atoms with Crippen LogP contribution in [0.2, 0.25) is 0 Å². The molecule has 1 aromatic rings. The second kappa shape index (κ2) is 8.37. The van der Waals surface area contributed by atoms with Gasteiger partial charge in [-0.05, 0) is 39.3 Å². The normalized spacial score (nSPS) is 21.3. The van der Waals surface area contributed by atoms with Crippen molar-refractivity contribution in [1.82, 2.24) is 10.6 Å². The maximum Gasteiger partial charge on any atom is 0.191 e. The molecule has 2 rings (SSSR count). The number of hydrogen-bond acceptors (Lipinski definition) is 4. The molecule has 1 fully saturated rings. The average Bonchev–Trinajstić information content (AvgIpc) is 2.86. The third kappa shape index (κ3) is 6.03. The number of benzene rings is 1. The molecule has 1 aliphatic heterocycles. The Labute approximate surface area is 144 Å². The van der Waals surface area contributed by atoms with E-state index in [9.17, 15) is 8.42 Å². The number of guanidine groups is 1. The van der Waals surface area contributed by atoms with Crippen LogP contribution in [0.15, 0.2) is 29.3 Å². The Morgan fingerprint density at radius 2 is 2.08 bits per heavy atom. The lowest BCUT2D eigenvalue weighted by Crippen LogP contribution is -2.44. The zero-order chi connectivity index (χ0) is 17.6. The molecule has 2 N–H and O–H groups in total. The molecule has 0 radical (unpaired) electrons. The molecule has 0 bridgehead atoms. The number of aryl methyl sites for hydroxylation is 1. The van der Waals surface area contributed by atoms with Crippen LogP contribution in [0, 0.1) is 6.92 Å². The molecule has 0 saturated carbocycles. The Morgan fingerprint density at radius 3 is 2.67 bits per heavy atom. The number of sulfone groups is 1. The summed E-state index contributed by atoms with van der Waals surface area (Å²) in [5, 5.41) is 6.36. The van der Waals surface area contributed by atoms with E-state index in [1.54, 1.807) is 0 Å². The number of nitrogens with zero attached hydrogens (tertiary/aromatic N) is 1. The smallest absolute Gasteiger partial charge is 0.191 e. The monoisotopic (exact) mass is 353 g/mol. The predicted octanol–water partition coefficient (Wildman–Crippen LogP) is 1.50. The van der Waals surface area contributed by atoms with E-state index in [0.717, 1.165) is 12.3 Å². The second-order valence-electron chi connectivity index (χ2n) is 6.21. The van der Waals surface area contributed by atoms with Gasteiger partial charge in [0.2, 0.25) is 0 Å². The van der Waals surface area contributed by atoms with Gasteiger partial charge in [-0.25, -0.2) is 13.4 Å². The fourth-order valence-corrected chi connectivity index (χ4v) is 4.20. The van der Waals surface area contributed by atoms with Gasteiger partial charge in [0.15, 0.2) is 15.8 Å². The summed E-state index contributed by atoms with van der Waals surface area (Å²) >= 11 is 0. The van der Waals surface area contributed by atoms with Crippen LogP contribution in [-0.2, 0) is 9.84 Å². The fraction of sp³-hybridized carbons (Fsp3) is 0.588. The lowest BCUT2D eigenvalue weighted by atomic mass is 10.2. The topological polar surface area (TPSA) is 79.8 Å². The zero-order valence-electron chi connectivity index (χ0n) is 14.6. The highest BCUT2D eigenvalue weighted by Crippen LogP contribution is 2.13. The van der Waals surface area contributed by atoms with E-state index in [4.69, 9.17) is 4.74 Å². The van der Waals surface area contributed by atoms with Gasteiger partial charge in [0, 0.05) is 12.6 Å². The summed E-state index contributed by atoms with van der Waals surface area (Å²) in [5.41, 5.74) is 1.19. The Bertz CT molecular complexity index is 656. The summed E-state index contributed by atoms with van der Waals surface area (Å²) in [6.45, 7) is 7.19. The van der Waals surface area contributed by atoms with Gasteiger partial charge in [-0.3, -0.25) is 0 Å². The highest BCUT2D eigenvalue weighted by atomic mass is 32.2. The Balaban J connectivity index is 1.88. The summed E-state index contributed by atoms with van der Waals surface area (Å²) in [7, 11) is -2.90. The highest BCUT2D eigenvalue weighted by molar-refractivity contribution is 7.91. The van der Waals surface area contributed by atoms with Gasteiger partial charge in [0.05, 0.1) is 18.1 Å². The molecule has 1 aromatic carbocycles. The lowest BCUT2D eigenvalue weighted by Gasteiger charge is -2.17. The van der Waals surface area contributed by atoms with Crippen LogP contribution in [0.4, 0.5) is 0 Å². The third-order valence-corrected chi connectivity index (χ3v) is 5.55. The molecule has 7 heteroatoms. The Hall–Kier alpha value is -1.76. The molecule has 0 spiro atoms. The first-order valence-corrected chi connectivity index (χ1v) is 10.2. The number of nitrogens with one attached hydrogen (secondary N) is 2. The molecule has 2 unspecified atom stereocenters. The first-order valence-electron chi connectivity index (χ1n) is 8.36. The Morgan fingerprint density at radius 1 is 1.38 bits per heavy atom. The van der Waals surface area contributed by atoms with E-state index in [1.165, 1.54) is 5.56 Å². The largest absolute Gasteiger partial charge is 0.489 e. The van der Waals surface area contributed by atoms with Gasteiger partial charge in [-0.1, -0.05) is 17.7 Å². The number of ether oxygens (including phenoxy) is 1. The molecule has 1 saturated heterocycles. The van der Waals surface area contributed by atoms with Crippen LogP contribution in [0.1, 0.15) is 25.8 Å². The quantitative estimate of drug-likeness (QED) is 0.598. The molecular weight excluding hydrogens is 326 g/mol. The summed E-state index contributed by atoms with van der Waals surface area (Å²) in [4.78, 5) is 4.51. The minimum absolute atomic E-state index is 0.0684. The van der Waals surface area contributed by atoms with Crippen LogP contribution in [0.25, 0.3) is 0 Å². The van der Waals surface area contributed by atoms with Gasteiger partial charge in [0.25, 0.3) is 0 Å². The van der Waals surface area contributed by atoms with Crippen molar-refractivity contribution in [2.45, 2.75) is 39.3 Å². The maximum atomic E-state index is 11.6. The van der Waals surface area contributed by atoms with Gasteiger partial charge < -0.3 is 15.4 Å². The second-order valence-corrected chi connectivity index (χ2v) is 8.43. The van der Waals surface area contributed by atoms with E-state index >= 15 is 0 Å². The van der Waals surface area contributed by atoms with Crippen molar-refractivity contribution in [3.8, 4) is 5.75 Å². The van der Waals surface area contributed by atoms with Crippen molar-refractivity contribution in [2.24, 2.45) is 4.99 Å². The molecule has 2 atom stereocenters. The van der Waals surface area contributed by atoms with E-state index < -0.39 is 9.84 Å². The molecule has 24 heavy (non-hydrogen) atoms. The molecule has 134 valence electrons. The van der Waals surface area contributed by atoms with E-state index in [1.807, 2.05) is 45.0 Å². The van der Waals surface area contributed by atoms with Crippen molar-refractivity contribution in [3.63, 3.8) is 0 Å². The minimum Gasteiger partial charge on any atom is -0.489 e. The first-order chi connectivity index (χ1) is 11.4. The average molecular weight is 353 g/mol. The predicted molar refractivity (Wildman–Crippen MR) is 97.4 cm³/mol. The van der Waals surface area contributed by atoms with Crippen LogP contribution in [0.5, 0.6) is 5.75 Å². The van der Waals surface area contributed by atoms with Crippen LogP contribution >= 0.6 is 0 Å². The van der Waals surface area contributed by atoms with Crippen LogP contribution in [0.3, 0.4) is 0 Å². The molecule has 0 aliphatic carbocycles. The van der Waals surface area contributed by atoms with Gasteiger partial charge in [-0.2, -0.15) is 0 Å². The van der Waals surface area contributed by atoms with Crippen molar-refractivity contribution in [1.29, 1.82) is 0 Å². The minimum atomic E-state index is -2.90. The molecule has 0 aromatic heterocycles. The van der Waals surface area contributed by atoms with E-state index in [2.05, 4.69) is 15.6 Å². The van der Waals surface area contributed by atoms with Crippen LogP contribution < -0.4 is 15.4 Å². The van der Waals surface area contributed by atoms with Crippen molar-refractivity contribution in [3.05, 3.63) is 29.8 Å². The van der Waals surface area contributed by atoms with Gasteiger partial charge >= 0.3 is 0 Å². The number of aliphatic imine (C=N–C) groups is 1.